The van der Waals surface area contributed by atoms with Crippen LogP contribution in [-0.4, -0.2) is 53.7 Å². The summed E-state index contributed by atoms with van der Waals surface area (Å²) in [5.74, 6) is -0.318. The van der Waals surface area contributed by atoms with Crippen molar-refractivity contribution >= 4 is 11.5 Å². The number of ether oxygens (including phenoxy) is 1. The summed E-state index contributed by atoms with van der Waals surface area (Å²) in [6, 6.07) is 6.46. The van der Waals surface area contributed by atoms with E-state index in [-0.39, 0.29) is 30.8 Å². The normalized spacial score (nSPS) is 43.2. The molecule has 138 valence electrons. The van der Waals surface area contributed by atoms with Crippen LogP contribution >= 0.6 is 0 Å². The Hall–Kier alpha value is -1.89. The molecule has 0 aromatic heterocycles. The number of Topliss-reactive ketones (excluding diaryl/α,β-unsaturated/α-hetero) is 1. The second kappa shape index (κ2) is 5.09. The van der Waals surface area contributed by atoms with Gasteiger partial charge in [0.1, 0.15) is 11.4 Å². The molecule has 1 N–H and O–H groups in total. The Balaban J connectivity index is 1.80. The van der Waals surface area contributed by atoms with Gasteiger partial charge in [-0.3, -0.25) is 4.79 Å². The van der Waals surface area contributed by atoms with Crippen molar-refractivity contribution in [3.63, 3.8) is 0 Å². The Kier molecular flexibility index (Phi) is 3.19. The fraction of sp³-hybridized carbons (Fsp3) is 0.550. The maximum absolute atomic E-state index is 13.5. The number of hydrogen-bond donors (Lipinski definition) is 1. The molecule has 0 amide bonds. The molecule has 1 aromatic carbocycles. The third-order valence-electron chi connectivity index (χ3n) is 6.95. The van der Waals surface area contributed by atoms with E-state index in [9.17, 15) is 15.1 Å². The molecule has 1 aromatic rings. The zero-order valence-electron chi connectivity index (χ0n) is 15.0. The summed E-state index contributed by atoms with van der Waals surface area (Å²) in [5, 5.41) is 26.0. The molecular weight excluding hydrogens is 332 g/mol. The monoisotopic (exact) mass is 355 g/mol. The zero-order chi connectivity index (χ0) is 18.3. The molecule has 26 heavy (non-hydrogen) atoms. The Morgan fingerprint density at radius 3 is 2.92 bits per heavy atom. The Morgan fingerprint density at radius 1 is 1.35 bits per heavy atom. The van der Waals surface area contributed by atoms with Crippen molar-refractivity contribution in [3.05, 3.63) is 46.8 Å². The van der Waals surface area contributed by atoms with Gasteiger partial charge in [0.2, 0.25) is 0 Å². The molecule has 1 saturated heterocycles. The van der Waals surface area contributed by atoms with E-state index in [4.69, 9.17) is 4.74 Å². The number of carbonyl (C=O) groups is 1. The number of aliphatic hydroxyl groups is 1. The van der Waals surface area contributed by atoms with Crippen LogP contribution in [0.1, 0.15) is 25.3 Å². The van der Waals surface area contributed by atoms with E-state index in [0.29, 0.717) is 18.7 Å². The number of hydrogen-bond acceptors (Lipinski definition) is 6. The van der Waals surface area contributed by atoms with Crippen molar-refractivity contribution < 1.29 is 14.6 Å². The van der Waals surface area contributed by atoms with Crippen LogP contribution < -0.4 is 5.06 Å². The lowest BCUT2D eigenvalue weighted by Crippen LogP contribution is -2.71. The number of benzene rings is 1. The number of ketones is 1. The lowest BCUT2D eigenvalue weighted by atomic mass is 9.54. The summed E-state index contributed by atoms with van der Waals surface area (Å²) in [6.07, 6.45) is 2.59. The van der Waals surface area contributed by atoms with Gasteiger partial charge in [0.15, 0.2) is 0 Å². The quantitative estimate of drug-likeness (QED) is 0.761. The molecule has 5 atom stereocenters. The number of para-hydroxylation sites is 1. The number of carbonyl (C=O) groups excluding carboxylic acids is 1. The Morgan fingerprint density at radius 2 is 2.12 bits per heavy atom. The molecular formula is C20H23N2O4-. The average Bonchev–Trinajstić information content (AvgIpc) is 2.92. The standard InChI is InChI=1S/C20H23N2O4/c1-12-13-10-21(2)8-7-19-14-5-3-4-6-16(14)22(25)18(19)20(24,11-26-12)15(13)9-17(19)23/h3-6,10,12,15,18,24H,7-9,11H2,1-2H3/q-1/b13-10-/t12?,15-,18+,19?,20-/m0/s1. The van der Waals surface area contributed by atoms with E-state index in [0.717, 1.165) is 16.2 Å². The van der Waals surface area contributed by atoms with Gasteiger partial charge < -0.3 is 25.0 Å². The van der Waals surface area contributed by atoms with Crippen molar-refractivity contribution in [1.29, 1.82) is 0 Å². The van der Waals surface area contributed by atoms with Crippen molar-refractivity contribution in [2.75, 3.05) is 25.3 Å². The molecule has 0 radical (unpaired) electrons. The van der Waals surface area contributed by atoms with Gasteiger partial charge in [-0.25, -0.2) is 0 Å². The van der Waals surface area contributed by atoms with Crippen LogP contribution in [0.15, 0.2) is 36.0 Å². The molecule has 5 rings (SSSR count). The van der Waals surface area contributed by atoms with Crippen LogP contribution in [0.3, 0.4) is 0 Å². The largest absolute Gasteiger partial charge is 0.758 e. The Labute approximate surface area is 152 Å². The average molecular weight is 355 g/mol. The van der Waals surface area contributed by atoms with Gasteiger partial charge in [0, 0.05) is 37.8 Å². The van der Waals surface area contributed by atoms with Crippen LogP contribution in [0.2, 0.25) is 0 Å². The first-order valence-electron chi connectivity index (χ1n) is 9.24. The molecule has 2 unspecified atom stereocenters. The van der Waals surface area contributed by atoms with Crippen molar-refractivity contribution in [1.82, 2.24) is 4.90 Å². The van der Waals surface area contributed by atoms with E-state index in [1.807, 2.05) is 38.4 Å². The fourth-order valence-corrected chi connectivity index (χ4v) is 5.70. The fourth-order valence-electron chi connectivity index (χ4n) is 5.70. The molecule has 6 heteroatoms. The summed E-state index contributed by atoms with van der Waals surface area (Å²) in [5.41, 5.74) is -0.183. The van der Waals surface area contributed by atoms with Crippen LogP contribution in [0.4, 0.5) is 5.69 Å². The number of nitrogens with zero attached hydrogens (tertiary/aromatic N) is 2. The smallest absolute Gasteiger partial charge is 0.146 e. The predicted molar refractivity (Wildman–Crippen MR) is 96.6 cm³/mol. The SMILES string of the molecule is CC1OC[C@@]2(O)[C@@H]3N([O-])c4ccccc4C34CCN(C)/C=C/1[C@@H]2CC4=O. The zero-order valence-corrected chi connectivity index (χ0v) is 15.0. The molecule has 4 bridgehead atoms. The van der Waals surface area contributed by atoms with E-state index < -0.39 is 17.1 Å². The van der Waals surface area contributed by atoms with E-state index in [1.54, 1.807) is 6.07 Å². The number of anilines is 1. The van der Waals surface area contributed by atoms with Gasteiger partial charge in [0.25, 0.3) is 0 Å². The molecule has 1 aliphatic carbocycles. The molecule has 6 nitrogen and oxygen atoms in total. The lowest BCUT2D eigenvalue weighted by Gasteiger charge is -2.58. The number of hydroxylamine groups is 1. The van der Waals surface area contributed by atoms with Crippen molar-refractivity contribution in [3.8, 4) is 0 Å². The third-order valence-corrected chi connectivity index (χ3v) is 6.95. The highest BCUT2D eigenvalue weighted by molar-refractivity contribution is 5.98. The maximum atomic E-state index is 13.5. The second-order valence-corrected chi connectivity index (χ2v) is 8.20. The Bertz CT molecular complexity index is 824. The van der Waals surface area contributed by atoms with Gasteiger partial charge in [0.05, 0.1) is 24.2 Å². The maximum Gasteiger partial charge on any atom is 0.146 e. The summed E-state index contributed by atoms with van der Waals surface area (Å²) < 4.78 is 5.91. The third kappa shape index (κ3) is 1.75. The van der Waals surface area contributed by atoms with Crippen LogP contribution in [-0.2, 0) is 14.9 Å². The highest BCUT2D eigenvalue weighted by Gasteiger charge is 2.68. The summed E-state index contributed by atoms with van der Waals surface area (Å²) in [6.45, 7) is 2.66. The minimum absolute atomic E-state index is 0.0678. The minimum Gasteiger partial charge on any atom is -0.758 e. The predicted octanol–water partition coefficient (Wildman–Crippen LogP) is 1.57. The molecule has 2 fully saturated rings. The molecule has 3 heterocycles. The van der Waals surface area contributed by atoms with E-state index >= 15 is 0 Å². The van der Waals surface area contributed by atoms with Gasteiger partial charge in [-0.1, -0.05) is 18.2 Å². The summed E-state index contributed by atoms with van der Waals surface area (Å²) >= 11 is 0. The van der Waals surface area contributed by atoms with Gasteiger partial charge in [-0.05, 0) is 30.5 Å². The van der Waals surface area contributed by atoms with Crippen molar-refractivity contribution in [2.24, 2.45) is 5.92 Å². The van der Waals surface area contributed by atoms with Crippen LogP contribution in [0, 0.1) is 11.1 Å². The highest BCUT2D eigenvalue weighted by Crippen LogP contribution is 2.59. The molecule has 3 aliphatic heterocycles. The molecule has 1 saturated carbocycles. The number of fused-ring (bicyclic) bond motifs is 1. The first-order valence-corrected chi connectivity index (χ1v) is 9.24. The topological polar surface area (TPSA) is 76.1 Å². The summed E-state index contributed by atoms with van der Waals surface area (Å²) in [4.78, 5) is 15.6. The van der Waals surface area contributed by atoms with Gasteiger partial charge in [-0.2, -0.15) is 0 Å². The van der Waals surface area contributed by atoms with Gasteiger partial charge in [-0.15, -0.1) is 0 Å². The second-order valence-electron chi connectivity index (χ2n) is 8.20. The van der Waals surface area contributed by atoms with Gasteiger partial charge >= 0.3 is 0 Å². The van der Waals surface area contributed by atoms with E-state index in [2.05, 4.69) is 4.90 Å². The number of rotatable bonds is 0. The minimum atomic E-state index is -1.38. The highest BCUT2D eigenvalue weighted by atomic mass is 16.5. The van der Waals surface area contributed by atoms with Crippen molar-refractivity contribution in [2.45, 2.75) is 42.9 Å². The van der Waals surface area contributed by atoms with Crippen LogP contribution in [0.5, 0.6) is 0 Å². The molecule has 0 spiro atoms. The van der Waals surface area contributed by atoms with Crippen LogP contribution in [0.25, 0.3) is 0 Å². The summed E-state index contributed by atoms with van der Waals surface area (Å²) in [7, 11) is 1.98. The first-order chi connectivity index (χ1) is 12.4. The first kappa shape index (κ1) is 16.3. The van der Waals surface area contributed by atoms with E-state index in [1.165, 1.54) is 0 Å². The lowest BCUT2D eigenvalue weighted by molar-refractivity contribution is -0.170. The molecule has 4 aliphatic rings.